The molecule has 0 unspecified atom stereocenters. The van der Waals surface area contributed by atoms with Crippen molar-refractivity contribution in [2.24, 2.45) is 0 Å². The van der Waals surface area contributed by atoms with E-state index < -0.39 is 5.97 Å². The van der Waals surface area contributed by atoms with E-state index in [-0.39, 0.29) is 12.4 Å². The van der Waals surface area contributed by atoms with Crippen molar-refractivity contribution in [1.82, 2.24) is 9.88 Å². The van der Waals surface area contributed by atoms with Gasteiger partial charge in [-0.1, -0.05) is 42.0 Å². The summed E-state index contributed by atoms with van der Waals surface area (Å²) in [5, 5.41) is 8.83. The Labute approximate surface area is 166 Å². The van der Waals surface area contributed by atoms with Crippen LogP contribution in [0.5, 0.6) is 0 Å². The highest BCUT2D eigenvalue weighted by molar-refractivity contribution is 5.85. The number of aryl methyl sites for hydroxylation is 1. The molecule has 1 N–H and O–H groups in total. The number of benzene rings is 1. The van der Waals surface area contributed by atoms with Gasteiger partial charge in [0.05, 0.1) is 11.4 Å². The van der Waals surface area contributed by atoms with Crippen molar-refractivity contribution < 1.29 is 9.90 Å². The molecule has 1 aliphatic heterocycles. The molecule has 1 aliphatic rings. The Hall–Kier alpha value is -2.43. The molecule has 0 radical (unpaired) electrons. The third kappa shape index (κ3) is 6.05. The number of hydrogen-bond donors (Lipinski definition) is 1. The van der Waals surface area contributed by atoms with Crippen LogP contribution < -0.4 is 0 Å². The first-order valence-electron chi connectivity index (χ1n) is 9.00. The van der Waals surface area contributed by atoms with Gasteiger partial charge >= 0.3 is 5.97 Å². The van der Waals surface area contributed by atoms with Gasteiger partial charge in [-0.25, -0.2) is 9.78 Å². The molecule has 1 saturated heterocycles. The highest BCUT2D eigenvalue weighted by Crippen LogP contribution is 2.23. The number of carbonyl (C=O) groups is 1. The van der Waals surface area contributed by atoms with Gasteiger partial charge in [-0.05, 0) is 56.6 Å². The maximum Gasteiger partial charge on any atom is 0.328 e. The summed E-state index contributed by atoms with van der Waals surface area (Å²) in [5.41, 5.74) is 4.94. The van der Waals surface area contributed by atoms with Crippen LogP contribution in [0.3, 0.4) is 0 Å². The normalized spacial score (nSPS) is 15.1. The molecule has 0 amide bonds. The van der Waals surface area contributed by atoms with E-state index in [1.54, 1.807) is 0 Å². The molecular weight excluding hydrogens is 360 g/mol. The average molecular weight is 385 g/mol. The van der Waals surface area contributed by atoms with Gasteiger partial charge in [-0.2, -0.15) is 0 Å². The van der Waals surface area contributed by atoms with Crippen molar-refractivity contribution in [3.8, 4) is 0 Å². The number of aromatic nitrogens is 1. The molecule has 2 heterocycles. The van der Waals surface area contributed by atoms with Gasteiger partial charge < -0.3 is 5.11 Å². The third-order valence-electron chi connectivity index (χ3n) is 4.56. The summed E-state index contributed by atoms with van der Waals surface area (Å²) in [6, 6.07) is 14.2. The Morgan fingerprint density at radius 3 is 2.52 bits per heavy atom. The van der Waals surface area contributed by atoms with Gasteiger partial charge in [0.15, 0.2) is 0 Å². The lowest BCUT2D eigenvalue weighted by Gasteiger charge is -2.14. The zero-order chi connectivity index (χ0) is 18.4. The lowest BCUT2D eigenvalue weighted by atomic mass is 10.00. The van der Waals surface area contributed by atoms with Gasteiger partial charge in [0, 0.05) is 18.2 Å². The molecule has 1 aromatic heterocycles. The minimum absolute atomic E-state index is 0. The van der Waals surface area contributed by atoms with Crippen LogP contribution in [-0.4, -0.2) is 40.6 Å². The smallest absolute Gasteiger partial charge is 0.328 e. The van der Waals surface area contributed by atoms with Gasteiger partial charge in [0.2, 0.25) is 0 Å². The van der Waals surface area contributed by atoms with Crippen LogP contribution >= 0.6 is 12.4 Å². The topological polar surface area (TPSA) is 53.4 Å². The highest BCUT2D eigenvalue weighted by atomic mass is 35.5. The number of rotatable bonds is 6. The fourth-order valence-electron chi connectivity index (χ4n) is 3.14. The van der Waals surface area contributed by atoms with Crippen LogP contribution in [-0.2, 0) is 4.79 Å². The number of halogens is 1. The summed E-state index contributed by atoms with van der Waals surface area (Å²) < 4.78 is 0. The molecule has 4 nitrogen and oxygen atoms in total. The molecule has 142 valence electrons. The molecule has 0 spiro atoms. The number of carboxylic acids is 1. The minimum atomic E-state index is -0.972. The second-order valence-corrected chi connectivity index (χ2v) is 6.61. The van der Waals surface area contributed by atoms with E-state index in [9.17, 15) is 4.79 Å². The van der Waals surface area contributed by atoms with Gasteiger partial charge in [-0.3, -0.25) is 4.90 Å². The lowest BCUT2D eigenvalue weighted by molar-refractivity contribution is -0.131. The van der Waals surface area contributed by atoms with Crippen LogP contribution in [0.1, 0.15) is 35.4 Å². The van der Waals surface area contributed by atoms with E-state index in [1.807, 2.05) is 18.2 Å². The molecule has 0 saturated carbocycles. The van der Waals surface area contributed by atoms with Crippen LogP contribution in [0, 0.1) is 6.92 Å². The summed E-state index contributed by atoms with van der Waals surface area (Å²) in [6.45, 7) is 5.27. The molecule has 27 heavy (non-hydrogen) atoms. The van der Waals surface area contributed by atoms with Crippen molar-refractivity contribution in [2.45, 2.75) is 19.8 Å². The zero-order valence-electron chi connectivity index (χ0n) is 15.5. The average Bonchev–Trinajstić information content (AvgIpc) is 3.15. The Morgan fingerprint density at radius 1 is 1.15 bits per heavy atom. The number of likely N-dealkylation sites (tertiary alicyclic amines) is 1. The summed E-state index contributed by atoms with van der Waals surface area (Å²) in [5.74, 6) is -0.972. The van der Waals surface area contributed by atoms with Gasteiger partial charge in [0.1, 0.15) is 0 Å². The first kappa shape index (κ1) is 20.9. The molecule has 0 atom stereocenters. The van der Waals surface area contributed by atoms with Crippen molar-refractivity contribution >= 4 is 30.0 Å². The van der Waals surface area contributed by atoms with E-state index in [0.29, 0.717) is 5.69 Å². The number of hydrogen-bond acceptors (Lipinski definition) is 3. The largest absolute Gasteiger partial charge is 0.478 e. The molecule has 5 heteroatoms. The standard InChI is InChI=1S/C22H24N2O2.ClH/c1-17-7-9-18(10-8-17)20(13-16-24-14-2-3-15-24)21-6-4-5-19(23-21)11-12-22(25)26;/h4-13H,2-3,14-16H2,1H3,(H,25,26);1H/b12-11+,20-13+;. The third-order valence-corrected chi connectivity index (χ3v) is 4.56. The van der Waals surface area contributed by atoms with Crippen molar-refractivity contribution in [3.05, 3.63) is 77.1 Å². The maximum atomic E-state index is 10.8. The number of nitrogens with zero attached hydrogens (tertiary/aromatic N) is 2. The molecule has 2 aromatic rings. The highest BCUT2D eigenvalue weighted by Gasteiger charge is 2.12. The lowest BCUT2D eigenvalue weighted by Crippen LogP contribution is -2.19. The van der Waals surface area contributed by atoms with E-state index in [4.69, 9.17) is 5.11 Å². The van der Waals surface area contributed by atoms with Crippen LogP contribution in [0.2, 0.25) is 0 Å². The number of aliphatic carboxylic acids is 1. The maximum absolute atomic E-state index is 10.8. The Kier molecular flexibility index (Phi) is 7.77. The Morgan fingerprint density at radius 2 is 1.85 bits per heavy atom. The zero-order valence-corrected chi connectivity index (χ0v) is 16.3. The SMILES string of the molecule is Cc1ccc(/C(=C\CN2CCCC2)c2cccc(/C=C/C(=O)O)n2)cc1.Cl. The van der Waals surface area contributed by atoms with Crippen molar-refractivity contribution in [1.29, 1.82) is 0 Å². The van der Waals surface area contributed by atoms with E-state index in [1.165, 1.54) is 24.5 Å². The minimum Gasteiger partial charge on any atom is -0.478 e. The Balaban J connectivity index is 0.00000261. The predicted molar refractivity (Wildman–Crippen MR) is 112 cm³/mol. The summed E-state index contributed by atoms with van der Waals surface area (Å²) in [7, 11) is 0. The van der Waals surface area contributed by atoms with Crippen molar-refractivity contribution in [3.63, 3.8) is 0 Å². The van der Waals surface area contributed by atoms with Crippen LogP contribution in [0.25, 0.3) is 11.6 Å². The summed E-state index contributed by atoms with van der Waals surface area (Å²) in [4.78, 5) is 17.9. The molecule has 0 bridgehead atoms. The number of pyridine rings is 1. The van der Waals surface area contributed by atoms with Crippen molar-refractivity contribution in [2.75, 3.05) is 19.6 Å². The quantitative estimate of drug-likeness (QED) is 0.748. The van der Waals surface area contributed by atoms with Crippen LogP contribution in [0.4, 0.5) is 0 Å². The molecule has 1 aromatic carbocycles. The summed E-state index contributed by atoms with van der Waals surface area (Å²) in [6.07, 6.45) is 7.41. The number of carboxylic acid groups (broad SMARTS) is 1. The first-order chi connectivity index (χ1) is 12.6. The second-order valence-electron chi connectivity index (χ2n) is 6.61. The van der Waals surface area contributed by atoms with E-state index in [2.05, 4.69) is 47.1 Å². The Bertz CT molecular complexity index is 822. The fourth-order valence-corrected chi connectivity index (χ4v) is 3.14. The monoisotopic (exact) mass is 384 g/mol. The second kappa shape index (κ2) is 10.0. The molecule has 0 aliphatic carbocycles. The fraction of sp³-hybridized carbons (Fsp3) is 0.273. The predicted octanol–water partition coefficient (Wildman–Crippen LogP) is 4.44. The van der Waals surface area contributed by atoms with E-state index in [0.717, 1.165) is 42.5 Å². The molecule has 3 rings (SSSR count). The van der Waals surface area contributed by atoms with Crippen LogP contribution in [0.15, 0.2) is 54.6 Å². The van der Waals surface area contributed by atoms with Gasteiger partial charge in [0.25, 0.3) is 0 Å². The van der Waals surface area contributed by atoms with E-state index >= 15 is 0 Å². The van der Waals surface area contributed by atoms with Gasteiger partial charge in [-0.15, -0.1) is 12.4 Å². The molecular formula is C22H25ClN2O2. The first-order valence-corrected chi connectivity index (χ1v) is 9.00. The molecule has 1 fully saturated rings. The summed E-state index contributed by atoms with van der Waals surface area (Å²) >= 11 is 0.